The molecular weight excluding hydrogens is 444 g/mol. The summed E-state index contributed by atoms with van der Waals surface area (Å²) in [5.74, 6) is 0.414. The fourth-order valence-electron chi connectivity index (χ4n) is 2.46. The second-order valence-electron chi connectivity index (χ2n) is 5.67. The fourth-order valence-corrected chi connectivity index (χ4v) is 2.46. The largest absolute Gasteiger partial charge is 0.390 e. The van der Waals surface area contributed by atoms with Crippen molar-refractivity contribution in [1.29, 1.82) is 0 Å². The van der Waals surface area contributed by atoms with Crippen LogP contribution < -0.4 is 10.6 Å². The zero-order valence-electron chi connectivity index (χ0n) is 14.3. The van der Waals surface area contributed by atoms with E-state index in [0.717, 1.165) is 11.9 Å². The van der Waals surface area contributed by atoms with E-state index in [0.29, 0.717) is 19.0 Å². The van der Waals surface area contributed by atoms with E-state index in [4.69, 9.17) is 0 Å². The van der Waals surface area contributed by atoms with Gasteiger partial charge in [0, 0.05) is 30.2 Å². The summed E-state index contributed by atoms with van der Waals surface area (Å²) in [7, 11) is 0. The first kappa shape index (κ1) is 21.6. The normalized spacial score (nSPS) is 12.1. The molecular formula is C17H24F3IN4. The molecule has 140 valence electrons. The molecule has 2 rings (SSSR count). The minimum Gasteiger partial charge on any atom is -0.361 e. The summed E-state index contributed by atoms with van der Waals surface area (Å²) in [5, 5.41) is 7.20. The number of rotatable bonds is 6. The van der Waals surface area contributed by atoms with Gasteiger partial charge < -0.3 is 15.6 Å². The van der Waals surface area contributed by atoms with Crippen LogP contribution in [0, 0.1) is 6.92 Å². The van der Waals surface area contributed by atoms with E-state index in [2.05, 4.69) is 38.8 Å². The number of benzene rings is 1. The Kier molecular flexibility index (Phi) is 8.54. The first-order valence-corrected chi connectivity index (χ1v) is 8.04. The summed E-state index contributed by atoms with van der Waals surface area (Å²) >= 11 is 0. The summed E-state index contributed by atoms with van der Waals surface area (Å²) in [5.41, 5.74) is 3.46. The summed E-state index contributed by atoms with van der Waals surface area (Å²) in [6.07, 6.45) is -2.36. The van der Waals surface area contributed by atoms with Crippen molar-refractivity contribution >= 4 is 40.8 Å². The van der Waals surface area contributed by atoms with Crippen LogP contribution in [-0.4, -0.2) is 36.8 Å². The highest BCUT2D eigenvalue weighted by Gasteiger charge is 2.26. The maximum Gasteiger partial charge on any atom is 0.390 e. The Morgan fingerprint density at radius 2 is 2.00 bits per heavy atom. The van der Waals surface area contributed by atoms with Gasteiger partial charge in [0.15, 0.2) is 5.96 Å². The predicted octanol–water partition coefficient (Wildman–Crippen LogP) is 4.14. The summed E-state index contributed by atoms with van der Waals surface area (Å²) in [6.45, 7) is 4.85. The minimum atomic E-state index is -4.18. The average Bonchev–Trinajstić information content (AvgIpc) is 2.88. The SMILES string of the molecule is CCNC(=NCCC(F)(F)F)NCCc1c[nH]c2cc(C)ccc12.I. The monoisotopic (exact) mass is 468 g/mol. The standard InChI is InChI=1S/C17H23F3N4.HI/c1-3-21-16(23-9-7-17(18,19)20)22-8-6-13-11-24-15-10-12(2)4-5-14(13)15;/h4-5,10-11,24H,3,6-9H2,1-2H3,(H2,21,22,23);1H. The van der Waals surface area contributed by atoms with Crippen LogP contribution >= 0.6 is 24.0 Å². The molecule has 1 heterocycles. The van der Waals surface area contributed by atoms with Crippen LogP contribution in [0.25, 0.3) is 10.9 Å². The van der Waals surface area contributed by atoms with Gasteiger partial charge in [-0.2, -0.15) is 13.2 Å². The second kappa shape index (κ2) is 9.88. The van der Waals surface area contributed by atoms with Gasteiger partial charge in [0.25, 0.3) is 0 Å². The van der Waals surface area contributed by atoms with Crippen LogP contribution in [0.5, 0.6) is 0 Å². The number of hydrogen-bond donors (Lipinski definition) is 3. The van der Waals surface area contributed by atoms with Crippen LogP contribution in [-0.2, 0) is 6.42 Å². The number of aromatic nitrogens is 1. The summed E-state index contributed by atoms with van der Waals surface area (Å²) in [6, 6.07) is 6.24. The van der Waals surface area contributed by atoms with E-state index >= 15 is 0 Å². The number of nitrogens with zero attached hydrogens (tertiary/aromatic N) is 1. The number of fused-ring (bicyclic) bond motifs is 1. The molecule has 0 aliphatic heterocycles. The molecule has 2 aromatic rings. The maximum atomic E-state index is 12.2. The van der Waals surface area contributed by atoms with Gasteiger partial charge in [0.2, 0.25) is 0 Å². The molecule has 0 bridgehead atoms. The molecule has 0 atom stereocenters. The summed E-state index contributed by atoms with van der Waals surface area (Å²) in [4.78, 5) is 7.20. The van der Waals surface area contributed by atoms with Gasteiger partial charge in [-0.3, -0.25) is 4.99 Å². The van der Waals surface area contributed by atoms with Crippen LogP contribution in [0.1, 0.15) is 24.5 Å². The molecule has 25 heavy (non-hydrogen) atoms. The number of nitrogens with one attached hydrogen (secondary N) is 3. The van der Waals surface area contributed by atoms with Gasteiger partial charge in [-0.15, -0.1) is 24.0 Å². The van der Waals surface area contributed by atoms with E-state index < -0.39 is 12.6 Å². The number of aliphatic imine (C=N–C) groups is 1. The van der Waals surface area contributed by atoms with Crippen LogP contribution in [0.4, 0.5) is 13.2 Å². The van der Waals surface area contributed by atoms with Gasteiger partial charge in [-0.05, 0) is 37.5 Å². The average molecular weight is 468 g/mol. The van der Waals surface area contributed by atoms with Crippen LogP contribution in [0.15, 0.2) is 29.4 Å². The van der Waals surface area contributed by atoms with Crippen molar-refractivity contribution in [2.45, 2.75) is 32.9 Å². The molecule has 1 aromatic carbocycles. The van der Waals surface area contributed by atoms with E-state index in [1.165, 1.54) is 16.5 Å². The van der Waals surface area contributed by atoms with Crippen molar-refractivity contribution in [3.8, 4) is 0 Å². The number of alkyl halides is 3. The highest BCUT2D eigenvalue weighted by Crippen LogP contribution is 2.20. The Morgan fingerprint density at radius 3 is 2.68 bits per heavy atom. The number of halogens is 4. The van der Waals surface area contributed by atoms with E-state index in [1.54, 1.807) is 0 Å². The molecule has 0 aliphatic carbocycles. The first-order chi connectivity index (χ1) is 11.4. The van der Waals surface area contributed by atoms with Gasteiger partial charge in [0.1, 0.15) is 0 Å². The lowest BCUT2D eigenvalue weighted by molar-refractivity contribution is -0.132. The molecule has 0 saturated heterocycles. The summed E-state index contributed by atoms with van der Waals surface area (Å²) < 4.78 is 36.6. The van der Waals surface area contributed by atoms with Crippen molar-refractivity contribution in [1.82, 2.24) is 15.6 Å². The third-order valence-electron chi connectivity index (χ3n) is 3.62. The molecule has 0 unspecified atom stereocenters. The number of aromatic amines is 1. The number of hydrogen-bond acceptors (Lipinski definition) is 1. The smallest absolute Gasteiger partial charge is 0.361 e. The van der Waals surface area contributed by atoms with Crippen molar-refractivity contribution in [3.63, 3.8) is 0 Å². The Labute approximate surface area is 162 Å². The van der Waals surface area contributed by atoms with E-state index in [1.807, 2.05) is 20.0 Å². The third-order valence-corrected chi connectivity index (χ3v) is 3.62. The number of aryl methyl sites for hydroxylation is 1. The third kappa shape index (κ3) is 7.13. The molecule has 0 radical (unpaired) electrons. The Balaban J connectivity index is 0.00000312. The number of H-pyrrole nitrogens is 1. The topological polar surface area (TPSA) is 52.2 Å². The highest BCUT2D eigenvalue weighted by molar-refractivity contribution is 14.0. The fraction of sp³-hybridized carbons (Fsp3) is 0.471. The zero-order chi connectivity index (χ0) is 17.6. The highest BCUT2D eigenvalue weighted by atomic mass is 127. The Morgan fingerprint density at radius 1 is 1.24 bits per heavy atom. The minimum absolute atomic E-state index is 0. The van der Waals surface area contributed by atoms with Crippen molar-refractivity contribution in [3.05, 3.63) is 35.5 Å². The van der Waals surface area contributed by atoms with Crippen molar-refractivity contribution in [2.75, 3.05) is 19.6 Å². The first-order valence-electron chi connectivity index (χ1n) is 8.04. The molecule has 0 fully saturated rings. The molecule has 0 amide bonds. The molecule has 8 heteroatoms. The lowest BCUT2D eigenvalue weighted by Gasteiger charge is -2.11. The molecule has 0 spiro atoms. The van der Waals surface area contributed by atoms with E-state index in [9.17, 15) is 13.2 Å². The molecule has 1 aromatic heterocycles. The van der Waals surface area contributed by atoms with Crippen molar-refractivity contribution in [2.24, 2.45) is 4.99 Å². The Bertz CT molecular complexity index is 695. The molecule has 3 N–H and O–H groups in total. The van der Waals surface area contributed by atoms with Crippen LogP contribution in [0.3, 0.4) is 0 Å². The lowest BCUT2D eigenvalue weighted by atomic mass is 10.1. The second-order valence-corrected chi connectivity index (χ2v) is 5.67. The molecule has 0 saturated carbocycles. The van der Waals surface area contributed by atoms with Crippen molar-refractivity contribution < 1.29 is 13.2 Å². The van der Waals surface area contributed by atoms with E-state index in [-0.39, 0.29) is 30.5 Å². The van der Waals surface area contributed by atoms with Gasteiger partial charge >= 0.3 is 6.18 Å². The lowest BCUT2D eigenvalue weighted by Crippen LogP contribution is -2.38. The molecule has 0 aliphatic rings. The van der Waals surface area contributed by atoms with Gasteiger partial charge in [-0.1, -0.05) is 12.1 Å². The van der Waals surface area contributed by atoms with Crippen LogP contribution in [0.2, 0.25) is 0 Å². The maximum absolute atomic E-state index is 12.2. The predicted molar refractivity (Wildman–Crippen MR) is 107 cm³/mol. The van der Waals surface area contributed by atoms with Gasteiger partial charge in [-0.25, -0.2) is 0 Å². The quantitative estimate of drug-likeness (QED) is 0.339. The number of guanidine groups is 1. The Hall–Kier alpha value is -1.45. The zero-order valence-corrected chi connectivity index (χ0v) is 16.7. The molecule has 4 nitrogen and oxygen atoms in total. The van der Waals surface area contributed by atoms with Gasteiger partial charge in [0.05, 0.1) is 13.0 Å².